The lowest BCUT2D eigenvalue weighted by atomic mass is 9.98. The van der Waals surface area contributed by atoms with E-state index in [1.54, 1.807) is 25.3 Å². The van der Waals surface area contributed by atoms with E-state index in [-0.39, 0.29) is 24.2 Å². The van der Waals surface area contributed by atoms with Crippen LogP contribution in [0.25, 0.3) is 0 Å². The molecule has 160 valence electrons. The van der Waals surface area contributed by atoms with Crippen LogP contribution < -0.4 is 9.64 Å². The van der Waals surface area contributed by atoms with Gasteiger partial charge >= 0.3 is 0 Å². The number of quaternary nitrogens is 1. The van der Waals surface area contributed by atoms with Crippen LogP contribution in [-0.4, -0.2) is 40.1 Å². The van der Waals surface area contributed by atoms with Crippen LogP contribution in [-0.2, 0) is 18.0 Å². The van der Waals surface area contributed by atoms with Gasteiger partial charge in [-0.3, -0.25) is 4.57 Å². The summed E-state index contributed by atoms with van der Waals surface area (Å²) in [6.07, 6.45) is 3.71. The lowest BCUT2D eigenvalue weighted by Gasteiger charge is -2.35. The number of para-hydroxylation sites is 1. The molecule has 1 N–H and O–H groups in total. The Morgan fingerprint density at radius 3 is 2.62 bits per heavy atom. The summed E-state index contributed by atoms with van der Waals surface area (Å²) in [5.74, 6) is 0.504. The number of benzene rings is 1. The van der Waals surface area contributed by atoms with Crippen LogP contribution >= 0.6 is 12.2 Å². The zero-order chi connectivity index (χ0) is 21.0. The average molecular weight is 424 g/mol. The van der Waals surface area contributed by atoms with Crippen molar-refractivity contribution in [3.8, 4) is 5.75 Å². The van der Waals surface area contributed by atoms with Gasteiger partial charge in [0.05, 0.1) is 24.7 Å². The molecule has 0 spiro atoms. The van der Waals surface area contributed by atoms with Crippen LogP contribution in [0, 0.1) is 10.6 Å². The second-order valence-corrected chi connectivity index (χ2v) is 8.42. The van der Waals surface area contributed by atoms with Gasteiger partial charge in [0.1, 0.15) is 6.61 Å². The fourth-order valence-electron chi connectivity index (χ4n) is 4.20. The third-order valence-corrected chi connectivity index (χ3v) is 6.26. The van der Waals surface area contributed by atoms with E-state index in [0.717, 1.165) is 6.67 Å². The number of ether oxygens (including phenoxy) is 2. The topological polar surface area (TPSA) is 45.6 Å². The van der Waals surface area contributed by atoms with Gasteiger partial charge in [-0.25, -0.2) is 4.39 Å². The van der Waals surface area contributed by atoms with Crippen molar-refractivity contribution in [1.82, 2.24) is 14.3 Å². The predicted molar refractivity (Wildman–Crippen MR) is 112 cm³/mol. The molecule has 3 atom stereocenters. The molecule has 1 aromatic carbocycles. The maximum atomic E-state index is 14.0. The molecule has 1 fully saturated rings. The Hall–Kier alpha value is -1.77. The van der Waals surface area contributed by atoms with Crippen LogP contribution in [0.3, 0.4) is 0 Å². The molecule has 2 heterocycles. The molecule has 1 aliphatic rings. The molecule has 0 aliphatic carbocycles. The summed E-state index contributed by atoms with van der Waals surface area (Å²) in [6.45, 7) is 8.00. The van der Waals surface area contributed by atoms with Gasteiger partial charge in [0.15, 0.2) is 24.1 Å². The Balaban J connectivity index is 1.87. The predicted octanol–water partition coefficient (Wildman–Crippen LogP) is 3.14. The molecule has 6 nitrogen and oxygen atoms in total. The van der Waals surface area contributed by atoms with Gasteiger partial charge in [-0.15, -0.1) is 5.10 Å². The highest BCUT2D eigenvalue weighted by Crippen LogP contribution is 2.19. The third-order valence-electron chi connectivity index (χ3n) is 5.86. The Bertz CT molecular complexity index is 859. The molecule has 0 amide bonds. The smallest absolute Gasteiger partial charge is 0.203 e. The SMILES string of the molecule is COC[C@H](C)n1c(COc2ccccc2F)nn(C[NH+]2[C@H](C)CCC[C@H]2C)c1=S. The highest BCUT2D eigenvalue weighted by atomic mass is 32.1. The van der Waals surface area contributed by atoms with Crippen molar-refractivity contribution in [3.05, 3.63) is 40.7 Å². The van der Waals surface area contributed by atoms with Crippen LogP contribution in [0.15, 0.2) is 24.3 Å². The van der Waals surface area contributed by atoms with Crippen LogP contribution in [0.4, 0.5) is 4.39 Å². The van der Waals surface area contributed by atoms with E-state index in [9.17, 15) is 4.39 Å². The molecule has 0 radical (unpaired) electrons. The van der Waals surface area contributed by atoms with E-state index in [2.05, 4.69) is 13.8 Å². The number of hydrogen-bond donors (Lipinski definition) is 1. The number of likely N-dealkylation sites (tertiary alicyclic amines) is 1. The monoisotopic (exact) mass is 423 g/mol. The van der Waals surface area contributed by atoms with E-state index in [4.69, 9.17) is 26.8 Å². The molecule has 1 saturated heterocycles. The molecule has 3 rings (SSSR count). The maximum Gasteiger partial charge on any atom is 0.203 e. The third kappa shape index (κ3) is 5.05. The summed E-state index contributed by atoms with van der Waals surface area (Å²) in [6, 6.07) is 7.54. The lowest BCUT2D eigenvalue weighted by Crippen LogP contribution is -3.18. The standard InChI is InChI=1S/C21H31FN4O2S/c1-15-8-7-9-16(2)24(15)14-25-21(29)26(17(3)12-27-4)20(23-25)13-28-19-11-6-5-10-18(19)22/h5-6,10-11,15-17H,7-9,12-14H2,1-4H3/p+1/t15-,16-,17+/m1/s1. The Morgan fingerprint density at radius 1 is 1.28 bits per heavy atom. The van der Waals surface area contributed by atoms with Gasteiger partial charge < -0.3 is 14.4 Å². The van der Waals surface area contributed by atoms with E-state index >= 15 is 0 Å². The highest BCUT2D eigenvalue weighted by molar-refractivity contribution is 7.71. The van der Waals surface area contributed by atoms with Crippen LogP contribution in [0.2, 0.25) is 0 Å². The van der Waals surface area contributed by atoms with Gasteiger partial charge in [0.2, 0.25) is 4.77 Å². The number of piperidine rings is 1. The first-order valence-corrected chi connectivity index (χ1v) is 10.7. The molecule has 0 unspecified atom stereocenters. The molecule has 8 heteroatoms. The van der Waals surface area contributed by atoms with Gasteiger partial charge in [-0.2, -0.15) is 4.68 Å². The number of nitrogens with one attached hydrogen (secondary N) is 1. The summed E-state index contributed by atoms with van der Waals surface area (Å²) < 4.78 is 29.5. The number of rotatable bonds is 8. The van der Waals surface area contributed by atoms with Crippen LogP contribution in [0.5, 0.6) is 5.75 Å². The van der Waals surface area contributed by atoms with Crippen molar-refractivity contribution < 1.29 is 18.8 Å². The molecular weight excluding hydrogens is 391 g/mol. The molecular formula is C21H32FN4O2S+. The van der Waals surface area contributed by atoms with E-state index in [1.165, 1.54) is 30.2 Å². The second-order valence-electron chi connectivity index (χ2n) is 8.06. The van der Waals surface area contributed by atoms with Crippen molar-refractivity contribution >= 4 is 12.2 Å². The summed E-state index contributed by atoms with van der Waals surface area (Å²) in [5.41, 5.74) is 0. The van der Waals surface area contributed by atoms with Crippen molar-refractivity contribution in [3.63, 3.8) is 0 Å². The molecule has 1 aromatic heterocycles. The van der Waals surface area contributed by atoms with Crippen molar-refractivity contribution in [2.45, 2.75) is 71.4 Å². The van der Waals surface area contributed by atoms with Crippen LogP contribution in [0.1, 0.15) is 51.9 Å². The molecule has 29 heavy (non-hydrogen) atoms. The fraction of sp³-hybridized carbons (Fsp3) is 0.619. The minimum atomic E-state index is -0.387. The fourth-order valence-corrected chi connectivity index (χ4v) is 4.59. The average Bonchev–Trinajstić information content (AvgIpc) is 3.00. The summed E-state index contributed by atoms with van der Waals surface area (Å²) in [5, 5.41) is 4.77. The zero-order valence-corrected chi connectivity index (χ0v) is 18.5. The molecule has 1 aliphatic heterocycles. The number of aromatic nitrogens is 3. The maximum absolute atomic E-state index is 14.0. The number of methoxy groups -OCH3 is 1. The highest BCUT2D eigenvalue weighted by Gasteiger charge is 2.30. The number of halogens is 1. The van der Waals surface area contributed by atoms with E-state index in [0.29, 0.717) is 29.3 Å². The van der Waals surface area contributed by atoms with Gasteiger partial charge in [0.25, 0.3) is 0 Å². The van der Waals surface area contributed by atoms with E-state index in [1.807, 2.05) is 16.2 Å². The molecule has 2 aromatic rings. The largest absolute Gasteiger partial charge is 0.483 e. The lowest BCUT2D eigenvalue weighted by molar-refractivity contribution is -0.973. The Morgan fingerprint density at radius 2 is 1.97 bits per heavy atom. The first kappa shape index (κ1) is 21.9. The first-order valence-electron chi connectivity index (χ1n) is 10.3. The number of nitrogens with zero attached hydrogens (tertiary/aromatic N) is 3. The molecule has 0 bridgehead atoms. The van der Waals surface area contributed by atoms with Crippen molar-refractivity contribution in [2.24, 2.45) is 0 Å². The van der Waals surface area contributed by atoms with Gasteiger partial charge in [0, 0.05) is 7.11 Å². The van der Waals surface area contributed by atoms with E-state index < -0.39 is 0 Å². The van der Waals surface area contributed by atoms with Gasteiger partial charge in [-0.1, -0.05) is 12.1 Å². The van der Waals surface area contributed by atoms with Gasteiger partial charge in [-0.05, 0) is 64.4 Å². The quantitative estimate of drug-likeness (QED) is 0.663. The summed E-state index contributed by atoms with van der Waals surface area (Å²) in [7, 11) is 1.67. The summed E-state index contributed by atoms with van der Waals surface area (Å²) in [4.78, 5) is 1.50. The Labute approximate surface area is 177 Å². The zero-order valence-electron chi connectivity index (χ0n) is 17.7. The Kier molecular flexibility index (Phi) is 7.43. The second kappa shape index (κ2) is 9.82. The number of hydrogen-bond acceptors (Lipinski definition) is 4. The molecule has 0 saturated carbocycles. The normalized spacial score (nSPS) is 21.3. The summed E-state index contributed by atoms with van der Waals surface area (Å²) >= 11 is 5.77. The minimum absolute atomic E-state index is 0.00618. The first-order chi connectivity index (χ1) is 13.9. The van der Waals surface area contributed by atoms with Crippen molar-refractivity contribution in [1.29, 1.82) is 0 Å². The minimum Gasteiger partial charge on any atom is -0.483 e. The van der Waals surface area contributed by atoms with Crippen molar-refractivity contribution in [2.75, 3.05) is 13.7 Å².